The third-order valence-corrected chi connectivity index (χ3v) is 5.85. The first-order valence-corrected chi connectivity index (χ1v) is 10.6. The molecular weight excluding hydrogens is 427 g/mol. The SMILES string of the molecule is COc1ccc(C(CNC(=O)C(C)Oc2cccc(Cl)c2Cl)N2CCOCC2)cc1. The first-order valence-electron chi connectivity index (χ1n) is 9.83. The number of amides is 1. The van der Waals surface area contributed by atoms with E-state index in [1.54, 1.807) is 32.2 Å². The molecule has 2 aromatic carbocycles. The molecule has 1 fully saturated rings. The van der Waals surface area contributed by atoms with Gasteiger partial charge in [-0.2, -0.15) is 0 Å². The van der Waals surface area contributed by atoms with Gasteiger partial charge in [0.1, 0.15) is 16.5 Å². The van der Waals surface area contributed by atoms with E-state index in [0.29, 0.717) is 35.6 Å². The highest BCUT2D eigenvalue weighted by Crippen LogP contribution is 2.32. The van der Waals surface area contributed by atoms with Gasteiger partial charge in [0.25, 0.3) is 5.91 Å². The number of carbonyl (C=O) groups is 1. The molecule has 0 aliphatic carbocycles. The lowest BCUT2D eigenvalue weighted by Crippen LogP contribution is -2.45. The average Bonchev–Trinajstić information content (AvgIpc) is 2.78. The molecule has 6 nitrogen and oxygen atoms in total. The van der Waals surface area contributed by atoms with Gasteiger partial charge < -0.3 is 19.5 Å². The molecule has 0 bridgehead atoms. The molecule has 1 amide bonds. The lowest BCUT2D eigenvalue weighted by molar-refractivity contribution is -0.127. The van der Waals surface area contributed by atoms with Crippen LogP contribution in [0.2, 0.25) is 10.0 Å². The first-order chi connectivity index (χ1) is 14.5. The van der Waals surface area contributed by atoms with E-state index in [1.165, 1.54) is 0 Å². The number of hydrogen-bond donors (Lipinski definition) is 1. The summed E-state index contributed by atoms with van der Waals surface area (Å²) in [5.41, 5.74) is 1.10. The molecule has 8 heteroatoms. The van der Waals surface area contributed by atoms with Crippen molar-refractivity contribution in [2.45, 2.75) is 19.1 Å². The van der Waals surface area contributed by atoms with Crippen LogP contribution in [0.4, 0.5) is 0 Å². The summed E-state index contributed by atoms with van der Waals surface area (Å²) >= 11 is 12.2. The molecule has 30 heavy (non-hydrogen) atoms. The summed E-state index contributed by atoms with van der Waals surface area (Å²) < 4.78 is 16.5. The summed E-state index contributed by atoms with van der Waals surface area (Å²) in [6, 6.07) is 13.0. The van der Waals surface area contributed by atoms with Crippen LogP contribution in [-0.2, 0) is 9.53 Å². The Morgan fingerprint density at radius 3 is 2.53 bits per heavy atom. The molecule has 2 atom stereocenters. The number of nitrogens with one attached hydrogen (secondary N) is 1. The van der Waals surface area contributed by atoms with Crippen LogP contribution in [0, 0.1) is 0 Å². The smallest absolute Gasteiger partial charge is 0.260 e. The van der Waals surface area contributed by atoms with Gasteiger partial charge in [0.2, 0.25) is 0 Å². The van der Waals surface area contributed by atoms with E-state index in [2.05, 4.69) is 10.2 Å². The Hall–Kier alpha value is -1.99. The highest BCUT2D eigenvalue weighted by Gasteiger charge is 2.25. The standard InChI is InChI=1S/C22H26Cl2N2O4/c1-15(30-20-5-3-4-18(23)21(20)24)22(27)25-14-19(26-10-12-29-13-11-26)16-6-8-17(28-2)9-7-16/h3-9,15,19H,10-14H2,1-2H3,(H,25,27). The van der Waals surface area contributed by atoms with Crippen LogP contribution < -0.4 is 14.8 Å². The van der Waals surface area contributed by atoms with Crippen molar-refractivity contribution in [1.29, 1.82) is 0 Å². The molecule has 1 aliphatic rings. The van der Waals surface area contributed by atoms with Crippen molar-refractivity contribution in [1.82, 2.24) is 10.2 Å². The summed E-state index contributed by atoms with van der Waals surface area (Å²) in [5.74, 6) is 0.952. The van der Waals surface area contributed by atoms with E-state index >= 15 is 0 Å². The Bertz CT molecular complexity index is 842. The van der Waals surface area contributed by atoms with Crippen molar-refractivity contribution in [3.8, 4) is 11.5 Å². The fourth-order valence-corrected chi connectivity index (χ4v) is 3.67. The van der Waals surface area contributed by atoms with Gasteiger partial charge in [0, 0.05) is 19.6 Å². The second-order valence-electron chi connectivity index (χ2n) is 6.99. The Balaban J connectivity index is 1.66. The van der Waals surface area contributed by atoms with Crippen LogP contribution in [0.25, 0.3) is 0 Å². The third kappa shape index (κ3) is 5.79. The highest BCUT2D eigenvalue weighted by molar-refractivity contribution is 6.42. The van der Waals surface area contributed by atoms with Crippen LogP contribution >= 0.6 is 23.2 Å². The van der Waals surface area contributed by atoms with Crippen LogP contribution in [0.3, 0.4) is 0 Å². The summed E-state index contributed by atoms with van der Waals surface area (Å²) in [5, 5.41) is 3.69. The Morgan fingerprint density at radius 2 is 1.87 bits per heavy atom. The molecule has 1 N–H and O–H groups in total. The van der Waals surface area contributed by atoms with E-state index < -0.39 is 6.10 Å². The number of ether oxygens (including phenoxy) is 3. The summed E-state index contributed by atoms with van der Waals surface area (Å²) in [4.78, 5) is 15.0. The lowest BCUT2D eigenvalue weighted by Gasteiger charge is -2.35. The molecule has 1 aliphatic heterocycles. The maximum atomic E-state index is 12.7. The predicted molar refractivity (Wildman–Crippen MR) is 118 cm³/mol. The quantitative estimate of drug-likeness (QED) is 0.656. The summed E-state index contributed by atoms with van der Waals surface area (Å²) in [7, 11) is 1.64. The molecule has 0 spiro atoms. The number of methoxy groups -OCH3 is 1. The van der Waals surface area contributed by atoms with Crippen LogP contribution in [0.1, 0.15) is 18.5 Å². The fourth-order valence-electron chi connectivity index (χ4n) is 3.33. The minimum Gasteiger partial charge on any atom is -0.497 e. The van der Waals surface area contributed by atoms with E-state index in [0.717, 1.165) is 24.4 Å². The topological polar surface area (TPSA) is 60.0 Å². The average molecular weight is 453 g/mol. The monoisotopic (exact) mass is 452 g/mol. The zero-order chi connectivity index (χ0) is 21.5. The molecule has 0 saturated carbocycles. The van der Waals surface area contributed by atoms with E-state index in [4.69, 9.17) is 37.4 Å². The number of halogens is 2. The van der Waals surface area contributed by atoms with Gasteiger partial charge in [-0.1, -0.05) is 41.4 Å². The molecule has 0 aromatic heterocycles. The van der Waals surface area contributed by atoms with Crippen molar-refractivity contribution in [2.75, 3.05) is 40.0 Å². The van der Waals surface area contributed by atoms with Gasteiger partial charge in [0.05, 0.1) is 31.4 Å². The number of rotatable bonds is 8. The second kappa shape index (κ2) is 10.9. The van der Waals surface area contributed by atoms with Crippen molar-refractivity contribution in [3.63, 3.8) is 0 Å². The number of morpholine rings is 1. The van der Waals surface area contributed by atoms with E-state index in [9.17, 15) is 4.79 Å². The van der Waals surface area contributed by atoms with Gasteiger partial charge in [-0.25, -0.2) is 0 Å². The maximum Gasteiger partial charge on any atom is 0.260 e. The molecule has 2 aromatic rings. The summed E-state index contributed by atoms with van der Waals surface area (Å²) in [6.07, 6.45) is -0.720. The van der Waals surface area contributed by atoms with Crippen molar-refractivity contribution >= 4 is 29.1 Å². The molecule has 0 radical (unpaired) electrons. The molecule has 162 valence electrons. The van der Waals surface area contributed by atoms with Gasteiger partial charge >= 0.3 is 0 Å². The number of hydrogen-bond acceptors (Lipinski definition) is 5. The van der Waals surface area contributed by atoms with Gasteiger partial charge in [0.15, 0.2) is 6.10 Å². The molecule has 2 unspecified atom stereocenters. The Morgan fingerprint density at radius 1 is 1.17 bits per heavy atom. The summed E-state index contributed by atoms with van der Waals surface area (Å²) in [6.45, 7) is 5.08. The number of nitrogens with zero attached hydrogens (tertiary/aromatic N) is 1. The zero-order valence-electron chi connectivity index (χ0n) is 17.1. The molecule has 3 rings (SSSR count). The zero-order valence-corrected chi connectivity index (χ0v) is 18.6. The minimum atomic E-state index is -0.720. The minimum absolute atomic E-state index is 0.0192. The fraction of sp³-hybridized carbons (Fsp3) is 0.409. The number of carbonyl (C=O) groups excluding carboxylic acids is 1. The molecule has 1 heterocycles. The largest absolute Gasteiger partial charge is 0.497 e. The number of benzene rings is 2. The second-order valence-corrected chi connectivity index (χ2v) is 7.78. The van der Waals surface area contributed by atoms with Gasteiger partial charge in [-0.3, -0.25) is 9.69 Å². The molecular formula is C22H26Cl2N2O4. The third-order valence-electron chi connectivity index (χ3n) is 5.05. The van der Waals surface area contributed by atoms with Crippen molar-refractivity contribution in [3.05, 3.63) is 58.1 Å². The van der Waals surface area contributed by atoms with Gasteiger partial charge in [-0.15, -0.1) is 0 Å². The highest BCUT2D eigenvalue weighted by atomic mass is 35.5. The molecule has 1 saturated heterocycles. The van der Waals surface area contributed by atoms with Crippen LogP contribution in [0.5, 0.6) is 11.5 Å². The normalized spacial score (nSPS) is 16.5. The van der Waals surface area contributed by atoms with E-state index in [1.807, 2.05) is 24.3 Å². The van der Waals surface area contributed by atoms with Crippen LogP contribution in [0.15, 0.2) is 42.5 Å². The van der Waals surface area contributed by atoms with Crippen LogP contribution in [-0.4, -0.2) is 56.9 Å². The van der Waals surface area contributed by atoms with E-state index in [-0.39, 0.29) is 11.9 Å². The van der Waals surface area contributed by atoms with Gasteiger partial charge in [-0.05, 0) is 36.8 Å². The Labute approximate surface area is 187 Å². The maximum absolute atomic E-state index is 12.7. The lowest BCUT2D eigenvalue weighted by atomic mass is 10.0. The van der Waals surface area contributed by atoms with Crippen molar-refractivity contribution in [2.24, 2.45) is 0 Å². The predicted octanol–water partition coefficient (Wildman–Crippen LogP) is 3.96. The first kappa shape index (κ1) is 22.7. The van der Waals surface area contributed by atoms with Crippen molar-refractivity contribution < 1.29 is 19.0 Å². The Kier molecular flexibility index (Phi) is 8.22.